The van der Waals surface area contributed by atoms with Crippen LogP contribution in [0.25, 0.3) is 0 Å². The Morgan fingerprint density at radius 2 is 1.61 bits per heavy atom. The molecule has 1 rings (SSSR count). The van der Waals surface area contributed by atoms with Gasteiger partial charge in [0.05, 0.1) is 12.3 Å². The van der Waals surface area contributed by atoms with E-state index in [0.29, 0.717) is 5.69 Å². The molecule has 0 fully saturated rings. The maximum atomic E-state index is 9.54. The van der Waals surface area contributed by atoms with E-state index >= 15 is 0 Å². The predicted molar refractivity (Wildman–Crippen MR) is 65.7 cm³/mol. The Balaban J connectivity index is 2.59. The highest BCUT2D eigenvalue weighted by atomic mass is 16.4. The van der Waals surface area contributed by atoms with Gasteiger partial charge in [0.15, 0.2) is 0 Å². The Hall–Kier alpha value is -1.31. The van der Waals surface area contributed by atoms with Crippen LogP contribution in [0.5, 0.6) is 0 Å². The van der Waals surface area contributed by atoms with E-state index in [1.54, 1.807) is 24.3 Å². The number of aliphatic imine (C=N–C) groups is 1. The van der Waals surface area contributed by atoms with Crippen LogP contribution in [0.4, 0.5) is 5.69 Å². The van der Waals surface area contributed by atoms with Crippen molar-refractivity contribution in [2.75, 3.05) is 6.61 Å². The fourth-order valence-electron chi connectivity index (χ4n) is 1.30. The zero-order valence-electron chi connectivity index (χ0n) is 9.66. The lowest BCUT2D eigenvalue weighted by Crippen LogP contribution is -2.46. The van der Waals surface area contributed by atoms with E-state index in [4.69, 9.17) is 10.2 Å². The molecule has 4 unspecified atom stereocenters. The van der Waals surface area contributed by atoms with Crippen LogP contribution in [0.3, 0.4) is 0 Å². The van der Waals surface area contributed by atoms with Gasteiger partial charge >= 0.3 is 0 Å². The smallest absolute Gasteiger partial charge is 0.118 e. The van der Waals surface area contributed by atoms with E-state index in [0.717, 1.165) is 6.21 Å². The lowest BCUT2D eigenvalue weighted by Gasteiger charge is -2.23. The summed E-state index contributed by atoms with van der Waals surface area (Å²) in [7, 11) is 0. The van der Waals surface area contributed by atoms with E-state index in [9.17, 15) is 15.3 Å². The molecule has 0 aromatic heterocycles. The first-order valence-corrected chi connectivity index (χ1v) is 5.48. The average molecular weight is 255 g/mol. The van der Waals surface area contributed by atoms with Gasteiger partial charge < -0.3 is 25.5 Å². The van der Waals surface area contributed by atoms with Gasteiger partial charge in [-0.2, -0.15) is 0 Å². The van der Waals surface area contributed by atoms with Crippen LogP contribution in [-0.4, -0.2) is 62.8 Å². The summed E-state index contributed by atoms with van der Waals surface area (Å²) in [6, 6.07) is 8.74. The van der Waals surface area contributed by atoms with Crippen molar-refractivity contribution < 1.29 is 25.5 Å². The van der Waals surface area contributed by atoms with Gasteiger partial charge in [-0.25, -0.2) is 0 Å². The summed E-state index contributed by atoms with van der Waals surface area (Å²) in [5.74, 6) is 0. The Bertz CT molecular complexity index is 370. The second-order valence-corrected chi connectivity index (χ2v) is 3.84. The van der Waals surface area contributed by atoms with Crippen molar-refractivity contribution in [1.82, 2.24) is 0 Å². The van der Waals surface area contributed by atoms with Crippen molar-refractivity contribution in [3.8, 4) is 0 Å². The number of hydrogen-bond acceptors (Lipinski definition) is 6. The van der Waals surface area contributed by atoms with Crippen molar-refractivity contribution in [2.45, 2.75) is 24.4 Å². The summed E-state index contributed by atoms with van der Waals surface area (Å²) in [6.45, 7) is -0.708. The van der Waals surface area contributed by atoms with Gasteiger partial charge in [0.1, 0.15) is 24.4 Å². The number of nitrogens with zero attached hydrogens (tertiary/aromatic N) is 1. The third kappa shape index (κ3) is 4.17. The molecule has 5 N–H and O–H groups in total. The lowest BCUT2D eigenvalue weighted by atomic mass is 10.0. The lowest BCUT2D eigenvalue weighted by molar-refractivity contribution is -0.0999. The molecule has 0 radical (unpaired) electrons. The van der Waals surface area contributed by atoms with Crippen LogP contribution in [0, 0.1) is 0 Å². The van der Waals surface area contributed by atoms with Crippen molar-refractivity contribution in [2.24, 2.45) is 4.99 Å². The van der Waals surface area contributed by atoms with Crippen molar-refractivity contribution in [3.63, 3.8) is 0 Å². The Kier molecular flexibility index (Phi) is 5.90. The second-order valence-electron chi connectivity index (χ2n) is 3.84. The summed E-state index contributed by atoms with van der Waals surface area (Å²) >= 11 is 0. The van der Waals surface area contributed by atoms with Gasteiger partial charge in [0.2, 0.25) is 0 Å². The largest absolute Gasteiger partial charge is 0.394 e. The Morgan fingerprint density at radius 1 is 1.00 bits per heavy atom. The summed E-state index contributed by atoms with van der Waals surface area (Å²) in [6.07, 6.45) is -5.17. The van der Waals surface area contributed by atoms with Gasteiger partial charge in [0, 0.05) is 6.21 Å². The molecule has 0 aliphatic rings. The number of para-hydroxylation sites is 1. The molecule has 0 bridgehead atoms. The van der Waals surface area contributed by atoms with Gasteiger partial charge in [-0.3, -0.25) is 4.99 Å². The molecule has 4 atom stereocenters. The normalized spacial score (nSPS) is 18.5. The molecule has 0 aliphatic heterocycles. The van der Waals surface area contributed by atoms with Crippen molar-refractivity contribution in [1.29, 1.82) is 0 Å². The molecule has 0 spiro atoms. The van der Waals surface area contributed by atoms with Crippen LogP contribution in [-0.2, 0) is 0 Å². The molecule has 18 heavy (non-hydrogen) atoms. The Labute approximate surface area is 104 Å². The summed E-state index contributed by atoms with van der Waals surface area (Å²) in [4.78, 5) is 3.90. The topological polar surface area (TPSA) is 114 Å². The van der Waals surface area contributed by atoms with E-state index in [1.807, 2.05) is 6.07 Å². The van der Waals surface area contributed by atoms with E-state index < -0.39 is 31.0 Å². The number of rotatable bonds is 6. The predicted octanol–water partition coefficient (Wildman–Crippen LogP) is -1.18. The third-order valence-electron chi connectivity index (χ3n) is 2.41. The van der Waals surface area contributed by atoms with Crippen LogP contribution in [0.15, 0.2) is 35.3 Å². The summed E-state index contributed by atoms with van der Waals surface area (Å²) < 4.78 is 0. The van der Waals surface area contributed by atoms with Crippen molar-refractivity contribution >= 4 is 11.9 Å². The molecular weight excluding hydrogens is 238 g/mol. The number of aliphatic hydroxyl groups is 5. The maximum Gasteiger partial charge on any atom is 0.118 e. The molecule has 0 amide bonds. The highest BCUT2D eigenvalue weighted by Crippen LogP contribution is 2.10. The van der Waals surface area contributed by atoms with Crippen molar-refractivity contribution in [3.05, 3.63) is 30.3 Å². The van der Waals surface area contributed by atoms with E-state index in [2.05, 4.69) is 4.99 Å². The minimum Gasteiger partial charge on any atom is -0.394 e. The first-order valence-electron chi connectivity index (χ1n) is 5.48. The monoisotopic (exact) mass is 255 g/mol. The molecule has 0 heterocycles. The first-order chi connectivity index (χ1) is 8.56. The first kappa shape index (κ1) is 14.7. The average Bonchev–Trinajstić information content (AvgIpc) is 2.43. The summed E-state index contributed by atoms with van der Waals surface area (Å²) in [5.41, 5.74) is 0.584. The molecule has 100 valence electrons. The van der Waals surface area contributed by atoms with Gasteiger partial charge in [-0.15, -0.1) is 0 Å². The van der Waals surface area contributed by atoms with Gasteiger partial charge in [-0.1, -0.05) is 18.2 Å². The molecule has 0 saturated heterocycles. The van der Waals surface area contributed by atoms with E-state index in [-0.39, 0.29) is 0 Å². The molecule has 1 aromatic carbocycles. The minimum absolute atomic E-state index is 0.584. The number of hydrogen-bond donors (Lipinski definition) is 5. The highest BCUT2D eigenvalue weighted by molar-refractivity contribution is 5.68. The zero-order chi connectivity index (χ0) is 13.5. The highest BCUT2D eigenvalue weighted by Gasteiger charge is 2.28. The minimum atomic E-state index is -1.65. The van der Waals surface area contributed by atoms with Gasteiger partial charge in [0.25, 0.3) is 0 Å². The fourth-order valence-corrected chi connectivity index (χ4v) is 1.30. The number of benzene rings is 1. The third-order valence-corrected chi connectivity index (χ3v) is 2.41. The van der Waals surface area contributed by atoms with Crippen LogP contribution in [0.2, 0.25) is 0 Å². The van der Waals surface area contributed by atoms with Crippen LogP contribution in [0.1, 0.15) is 0 Å². The van der Waals surface area contributed by atoms with Gasteiger partial charge in [-0.05, 0) is 12.1 Å². The molecule has 6 heteroatoms. The number of aliphatic hydroxyl groups excluding tert-OH is 5. The zero-order valence-corrected chi connectivity index (χ0v) is 9.66. The molecular formula is C12H17NO5. The molecule has 1 aromatic rings. The fraction of sp³-hybridized carbons (Fsp3) is 0.417. The molecule has 0 aliphatic carbocycles. The maximum absolute atomic E-state index is 9.54. The van der Waals surface area contributed by atoms with Crippen LogP contribution < -0.4 is 0 Å². The summed E-state index contributed by atoms with van der Waals surface area (Å²) in [5, 5.41) is 46.1. The quantitative estimate of drug-likeness (QED) is 0.411. The molecule has 6 nitrogen and oxygen atoms in total. The SMILES string of the molecule is OCC(O)C(O)C(O)C(O)C=Nc1ccccc1. The standard InChI is InChI=1S/C12H17NO5/c14-7-10(16)12(18)11(17)9(15)6-13-8-4-2-1-3-5-8/h1-6,9-12,14-18H,7H2. The van der Waals surface area contributed by atoms with E-state index in [1.165, 1.54) is 0 Å². The second kappa shape index (κ2) is 7.20. The Morgan fingerprint density at radius 3 is 2.17 bits per heavy atom. The van der Waals surface area contributed by atoms with Crippen LogP contribution >= 0.6 is 0 Å². The molecule has 0 saturated carbocycles.